The van der Waals surface area contributed by atoms with Crippen LogP contribution in [0.15, 0.2) is 35.2 Å². The highest BCUT2D eigenvalue weighted by Gasteiger charge is 2.10. The number of anilines is 2. The largest absolute Gasteiger partial charge is 0.398 e. The number of hydrogen-bond acceptors (Lipinski definition) is 4. The van der Waals surface area contributed by atoms with Gasteiger partial charge in [-0.1, -0.05) is 0 Å². The van der Waals surface area contributed by atoms with Crippen molar-refractivity contribution in [2.24, 2.45) is 0 Å². The minimum atomic E-state index is -0.324. The van der Waals surface area contributed by atoms with Gasteiger partial charge in [-0.2, -0.15) is 0 Å². The van der Waals surface area contributed by atoms with Gasteiger partial charge in [-0.25, -0.2) is 4.98 Å². The maximum absolute atomic E-state index is 11.9. The number of amides is 1. The number of pyridine rings is 2. The topological polar surface area (TPSA) is 80.9 Å². The van der Waals surface area contributed by atoms with Crippen LogP contribution >= 0.6 is 15.9 Å². The van der Waals surface area contributed by atoms with E-state index in [0.29, 0.717) is 17.1 Å². The highest BCUT2D eigenvalue weighted by Crippen LogP contribution is 2.18. The number of nitrogen functional groups attached to an aromatic ring is 1. The summed E-state index contributed by atoms with van der Waals surface area (Å²) in [5.41, 5.74) is 7.40. The van der Waals surface area contributed by atoms with Crippen LogP contribution in [0.4, 0.5) is 11.5 Å². The van der Waals surface area contributed by atoms with Crippen molar-refractivity contribution in [3.05, 3.63) is 46.3 Å². The Morgan fingerprint density at radius 2 is 2.22 bits per heavy atom. The van der Waals surface area contributed by atoms with Crippen molar-refractivity contribution in [2.75, 3.05) is 11.1 Å². The van der Waals surface area contributed by atoms with Crippen molar-refractivity contribution < 1.29 is 4.79 Å². The molecule has 0 aliphatic carbocycles. The Balaban J connectivity index is 2.22. The van der Waals surface area contributed by atoms with E-state index < -0.39 is 0 Å². The monoisotopic (exact) mass is 306 g/mol. The van der Waals surface area contributed by atoms with Crippen LogP contribution in [0.25, 0.3) is 0 Å². The number of rotatable bonds is 2. The average Bonchev–Trinajstić information content (AvgIpc) is 2.34. The normalized spacial score (nSPS) is 10.1. The summed E-state index contributed by atoms with van der Waals surface area (Å²) in [5, 5.41) is 2.68. The lowest BCUT2D eigenvalue weighted by atomic mass is 10.2. The summed E-state index contributed by atoms with van der Waals surface area (Å²) < 4.78 is 0.890. The number of carbonyl (C=O) groups excluding carboxylic acids is 1. The van der Waals surface area contributed by atoms with Gasteiger partial charge in [-0.3, -0.25) is 9.78 Å². The Morgan fingerprint density at radius 3 is 2.89 bits per heavy atom. The van der Waals surface area contributed by atoms with Crippen molar-refractivity contribution in [1.82, 2.24) is 9.97 Å². The number of nitrogens with two attached hydrogens (primary N) is 1. The van der Waals surface area contributed by atoms with Gasteiger partial charge in [0.2, 0.25) is 0 Å². The number of aromatic nitrogens is 2. The molecule has 0 bridgehead atoms. The summed E-state index contributed by atoms with van der Waals surface area (Å²) in [7, 11) is 0. The summed E-state index contributed by atoms with van der Waals surface area (Å²) in [6.07, 6.45) is 4.60. The molecule has 0 aliphatic heterocycles. The van der Waals surface area contributed by atoms with Crippen molar-refractivity contribution in [3.8, 4) is 0 Å². The van der Waals surface area contributed by atoms with Gasteiger partial charge in [-0.05, 0) is 40.5 Å². The van der Waals surface area contributed by atoms with E-state index in [1.807, 2.05) is 6.92 Å². The van der Waals surface area contributed by atoms with Crippen molar-refractivity contribution in [2.45, 2.75) is 6.92 Å². The fourth-order valence-corrected chi connectivity index (χ4v) is 1.60. The van der Waals surface area contributed by atoms with Crippen LogP contribution < -0.4 is 11.1 Å². The first kappa shape index (κ1) is 12.5. The second kappa shape index (κ2) is 5.14. The molecule has 5 nitrogen and oxygen atoms in total. The Labute approximate surface area is 113 Å². The number of hydrogen-bond donors (Lipinski definition) is 2. The minimum Gasteiger partial charge on any atom is -0.398 e. The van der Waals surface area contributed by atoms with Gasteiger partial charge >= 0.3 is 0 Å². The third-order valence-corrected chi connectivity index (χ3v) is 3.22. The lowest BCUT2D eigenvalue weighted by molar-refractivity contribution is 0.102. The lowest BCUT2D eigenvalue weighted by Crippen LogP contribution is -2.15. The fourth-order valence-electron chi connectivity index (χ4n) is 1.39. The average molecular weight is 307 g/mol. The molecular weight excluding hydrogens is 296 g/mol. The molecule has 18 heavy (non-hydrogen) atoms. The van der Waals surface area contributed by atoms with Crippen LogP contribution in [-0.2, 0) is 0 Å². The van der Waals surface area contributed by atoms with Gasteiger partial charge in [0.25, 0.3) is 5.91 Å². The van der Waals surface area contributed by atoms with E-state index in [4.69, 9.17) is 5.73 Å². The number of aryl methyl sites for hydroxylation is 1. The number of halogens is 1. The molecule has 0 saturated carbocycles. The molecule has 0 spiro atoms. The van der Waals surface area contributed by atoms with Crippen LogP contribution in [0.3, 0.4) is 0 Å². The maximum atomic E-state index is 11.9. The standard InChI is InChI=1S/C12H11BrN4O/c1-7-4-11(16-6-9(7)13)17-12(18)8-5-15-3-2-10(8)14/h2-6H,1H3,(H2,14,15)(H,16,17,18). The van der Waals surface area contributed by atoms with E-state index in [1.165, 1.54) is 12.4 Å². The van der Waals surface area contributed by atoms with E-state index >= 15 is 0 Å². The summed E-state index contributed by atoms with van der Waals surface area (Å²) in [6.45, 7) is 1.92. The minimum absolute atomic E-state index is 0.324. The summed E-state index contributed by atoms with van der Waals surface area (Å²) in [6, 6.07) is 3.35. The van der Waals surface area contributed by atoms with E-state index in [0.717, 1.165) is 10.0 Å². The van der Waals surface area contributed by atoms with Crippen LogP contribution in [0.1, 0.15) is 15.9 Å². The predicted octanol–water partition coefficient (Wildman–Crippen LogP) is 2.38. The molecule has 2 aromatic rings. The molecule has 2 heterocycles. The SMILES string of the molecule is Cc1cc(NC(=O)c2cnccc2N)ncc1Br. The van der Waals surface area contributed by atoms with Crippen molar-refractivity contribution in [3.63, 3.8) is 0 Å². The Hall–Kier alpha value is -1.95. The first-order chi connectivity index (χ1) is 8.58. The molecule has 2 rings (SSSR count). The molecule has 0 aromatic carbocycles. The fraction of sp³-hybridized carbons (Fsp3) is 0.0833. The number of nitrogens with zero attached hydrogens (tertiary/aromatic N) is 2. The molecule has 1 amide bonds. The van der Waals surface area contributed by atoms with Crippen LogP contribution in [0, 0.1) is 6.92 Å². The Bertz CT molecular complexity index is 600. The van der Waals surface area contributed by atoms with E-state index in [-0.39, 0.29) is 5.91 Å². The highest BCUT2D eigenvalue weighted by atomic mass is 79.9. The summed E-state index contributed by atoms with van der Waals surface area (Å²) >= 11 is 3.35. The molecule has 2 aromatic heterocycles. The third kappa shape index (κ3) is 2.65. The molecule has 6 heteroatoms. The summed E-state index contributed by atoms with van der Waals surface area (Å²) in [4.78, 5) is 19.9. The zero-order valence-corrected chi connectivity index (χ0v) is 11.2. The first-order valence-electron chi connectivity index (χ1n) is 5.21. The smallest absolute Gasteiger partial charge is 0.260 e. The molecule has 0 fully saturated rings. The predicted molar refractivity (Wildman–Crippen MR) is 73.3 cm³/mol. The quantitative estimate of drug-likeness (QED) is 0.892. The first-order valence-corrected chi connectivity index (χ1v) is 6.00. The molecular formula is C12H11BrN4O. The zero-order valence-electron chi connectivity index (χ0n) is 9.64. The summed E-state index contributed by atoms with van der Waals surface area (Å²) in [5.74, 6) is 0.152. The Morgan fingerprint density at radius 1 is 1.44 bits per heavy atom. The third-order valence-electron chi connectivity index (χ3n) is 2.39. The second-order valence-corrected chi connectivity index (χ2v) is 4.59. The molecule has 0 saturated heterocycles. The zero-order chi connectivity index (χ0) is 13.1. The second-order valence-electron chi connectivity index (χ2n) is 3.74. The van der Waals surface area contributed by atoms with Crippen LogP contribution in [-0.4, -0.2) is 15.9 Å². The van der Waals surface area contributed by atoms with E-state index in [2.05, 4.69) is 31.2 Å². The maximum Gasteiger partial charge on any atom is 0.260 e. The molecule has 92 valence electrons. The molecule has 0 radical (unpaired) electrons. The molecule has 0 unspecified atom stereocenters. The highest BCUT2D eigenvalue weighted by molar-refractivity contribution is 9.10. The van der Waals surface area contributed by atoms with Crippen LogP contribution in [0.2, 0.25) is 0 Å². The van der Waals surface area contributed by atoms with Gasteiger partial charge in [0.1, 0.15) is 5.82 Å². The molecule has 0 atom stereocenters. The number of carbonyl (C=O) groups is 1. The number of nitrogens with one attached hydrogen (secondary N) is 1. The molecule has 3 N–H and O–H groups in total. The van der Waals surface area contributed by atoms with E-state index in [1.54, 1.807) is 18.3 Å². The van der Waals surface area contributed by atoms with E-state index in [9.17, 15) is 4.79 Å². The van der Waals surface area contributed by atoms with Gasteiger partial charge in [-0.15, -0.1) is 0 Å². The molecule has 0 aliphatic rings. The van der Waals surface area contributed by atoms with Crippen LogP contribution in [0.5, 0.6) is 0 Å². The van der Waals surface area contributed by atoms with Gasteiger partial charge in [0, 0.05) is 28.8 Å². The van der Waals surface area contributed by atoms with Crippen molar-refractivity contribution in [1.29, 1.82) is 0 Å². The Kier molecular flexibility index (Phi) is 3.57. The lowest BCUT2D eigenvalue weighted by Gasteiger charge is -2.07. The van der Waals surface area contributed by atoms with Gasteiger partial charge in [0.15, 0.2) is 0 Å². The van der Waals surface area contributed by atoms with Gasteiger partial charge < -0.3 is 11.1 Å². The van der Waals surface area contributed by atoms with Gasteiger partial charge in [0.05, 0.1) is 5.56 Å². The van der Waals surface area contributed by atoms with Crippen molar-refractivity contribution >= 4 is 33.3 Å².